The molecular weight excluding hydrogens is 404 g/mol. The van der Waals surface area contributed by atoms with E-state index in [1.54, 1.807) is 24.3 Å². The summed E-state index contributed by atoms with van der Waals surface area (Å²) in [5.41, 5.74) is 0.603. The molecule has 2 aromatic rings. The normalized spacial score (nSPS) is 15.1. The minimum Gasteiger partial charge on any atom is -0.481 e. The molecule has 1 saturated heterocycles. The Morgan fingerprint density at radius 3 is 2.64 bits per heavy atom. The van der Waals surface area contributed by atoms with Crippen LogP contribution in [0.5, 0.6) is 5.75 Å². The highest BCUT2D eigenvalue weighted by Crippen LogP contribution is 2.37. The minimum absolute atomic E-state index is 0.109. The van der Waals surface area contributed by atoms with E-state index in [0.29, 0.717) is 10.0 Å². The number of amides is 1. The van der Waals surface area contributed by atoms with Gasteiger partial charge in [0.2, 0.25) is 0 Å². The third-order valence-electron chi connectivity index (χ3n) is 3.65. The number of nitro benzene ring substituents is 1. The van der Waals surface area contributed by atoms with E-state index in [0.717, 1.165) is 11.8 Å². The van der Waals surface area contributed by atoms with Crippen molar-refractivity contribution in [2.75, 3.05) is 11.5 Å². The highest BCUT2D eigenvalue weighted by atomic mass is 32.2. The lowest BCUT2D eigenvalue weighted by Crippen LogP contribution is -2.27. The van der Waals surface area contributed by atoms with E-state index >= 15 is 0 Å². The fraction of sp³-hybridized carbons (Fsp3) is 0.0556. The quantitative estimate of drug-likeness (QED) is 0.330. The lowest BCUT2D eigenvalue weighted by Gasteiger charge is -2.13. The van der Waals surface area contributed by atoms with Gasteiger partial charge in [-0.25, -0.2) is 4.79 Å². The van der Waals surface area contributed by atoms with Gasteiger partial charge in [0.25, 0.3) is 11.6 Å². The van der Waals surface area contributed by atoms with Gasteiger partial charge in [0.15, 0.2) is 10.9 Å². The lowest BCUT2D eigenvalue weighted by molar-refractivity contribution is -0.384. The van der Waals surface area contributed by atoms with E-state index in [1.807, 2.05) is 6.07 Å². The Hall–Kier alpha value is -3.24. The first-order valence-electron chi connectivity index (χ1n) is 7.83. The molecule has 1 amide bonds. The minimum atomic E-state index is -1.19. The predicted molar refractivity (Wildman–Crippen MR) is 108 cm³/mol. The largest absolute Gasteiger partial charge is 0.481 e. The van der Waals surface area contributed by atoms with Crippen LogP contribution in [0.1, 0.15) is 5.56 Å². The zero-order valence-corrected chi connectivity index (χ0v) is 15.7. The number of nitrogens with zero attached hydrogens (tertiary/aromatic N) is 2. The van der Waals surface area contributed by atoms with Crippen LogP contribution >= 0.6 is 24.0 Å². The highest BCUT2D eigenvalue weighted by molar-refractivity contribution is 8.27. The second-order valence-corrected chi connectivity index (χ2v) is 7.19. The second-order valence-electron chi connectivity index (χ2n) is 5.51. The van der Waals surface area contributed by atoms with Crippen molar-refractivity contribution >= 4 is 57.6 Å². The molecular formula is C18H12N2O6S2. The number of anilines is 1. The number of hydrogen-bond acceptors (Lipinski definition) is 7. The van der Waals surface area contributed by atoms with Gasteiger partial charge in [-0.05, 0) is 24.3 Å². The van der Waals surface area contributed by atoms with Crippen molar-refractivity contribution in [3.05, 3.63) is 69.1 Å². The number of benzene rings is 2. The molecule has 8 nitrogen and oxygen atoms in total. The van der Waals surface area contributed by atoms with Crippen LogP contribution in [0, 0.1) is 10.1 Å². The van der Waals surface area contributed by atoms with E-state index in [2.05, 4.69) is 0 Å². The molecule has 0 unspecified atom stereocenters. The Kier molecular flexibility index (Phi) is 5.71. The molecule has 0 saturated carbocycles. The summed E-state index contributed by atoms with van der Waals surface area (Å²) < 4.78 is 5.50. The fourth-order valence-corrected chi connectivity index (χ4v) is 3.73. The fourth-order valence-electron chi connectivity index (χ4n) is 2.44. The zero-order valence-electron chi connectivity index (χ0n) is 14.1. The van der Waals surface area contributed by atoms with Crippen LogP contribution in [0.4, 0.5) is 11.4 Å². The average Bonchev–Trinajstić information content (AvgIpc) is 2.94. The molecule has 0 aromatic heterocycles. The number of rotatable bonds is 6. The van der Waals surface area contributed by atoms with E-state index in [1.165, 1.54) is 29.2 Å². The van der Waals surface area contributed by atoms with Gasteiger partial charge in [-0.15, -0.1) is 0 Å². The van der Waals surface area contributed by atoms with Crippen molar-refractivity contribution < 1.29 is 24.4 Å². The Bertz CT molecular complexity index is 1010. The Morgan fingerprint density at radius 1 is 1.29 bits per heavy atom. The van der Waals surface area contributed by atoms with Crippen LogP contribution in [-0.4, -0.2) is 32.8 Å². The van der Waals surface area contributed by atoms with Crippen LogP contribution in [0.2, 0.25) is 0 Å². The number of ether oxygens (including phenoxy) is 1. The van der Waals surface area contributed by atoms with E-state index in [9.17, 15) is 19.7 Å². The molecule has 0 spiro atoms. The summed E-state index contributed by atoms with van der Waals surface area (Å²) in [6.45, 7) is -0.621. The summed E-state index contributed by atoms with van der Waals surface area (Å²) in [7, 11) is 0. The van der Waals surface area contributed by atoms with Gasteiger partial charge in [0.1, 0.15) is 5.75 Å². The summed E-state index contributed by atoms with van der Waals surface area (Å²) in [6, 6.07) is 12.5. The third kappa shape index (κ3) is 4.18. The maximum absolute atomic E-state index is 12.8. The Morgan fingerprint density at radius 2 is 2.00 bits per heavy atom. The Balaban J connectivity index is 1.98. The summed E-state index contributed by atoms with van der Waals surface area (Å²) >= 11 is 6.33. The summed E-state index contributed by atoms with van der Waals surface area (Å²) in [5, 5.41) is 19.9. The van der Waals surface area contributed by atoms with Crippen LogP contribution in [0.3, 0.4) is 0 Å². The van der Waals surface area contributed by atoms with Gasteiger partial charge in [-0.2, -0.15) is 0 Å². The monoisotopic (exact) mass is 416 g/mol. The molecule has 28 heavy (non-hydrogen) atoms. The molecule has 1 N–H and O–H groups in total. The van der Waals surface area contributed by atoms with E-state index in [4.69, 9.17) is 22.1 Å². The van der Waals surface area contributed by atoms with Crippen molar-refractivity contribution in [1.82, 2.24) is 0 Å². The first kappa shape index (κ1) is 19.5. The van der Waals surface area contributed by atoms with Crippen molar-refractivity contribution in [3.63, 3.8) is 0 Å². The number of carboxylic acids is 1. The molecule has 1 aliphatic heterocycles. The summed E-state index contributed by atoms with van der Waals surface area (Å²) in [5.74, 6) is -1.46. The number of nitro groups is 1. The molecule has 1 aliphatic rings. The molecule has 1 fully saturated rings. The number of carbonyl (C=O) groups excluding carboxylic acids is 1. The van der Waals surface area contributed by atoms with Gasteiger partial charge in [0.05, 0.1) is 15.5 Å². The van der Waals surface area contributed by atoms with Crippen molar-refractivity contribution in [2.45, 2.75) is 0 Å². The maximum atomic E-state index is 12.8. The standard InChI is InChI=1S/C18H12N2O6S2/c21-16(22)10-26-14-7-6-13(20(24)25)8-11(14)9-15-17(23)19(18(27)28-15)12-4-2-1-3-5-12/h1-9H,10H2,(H,21,22)/b15-9-. The van der Waals surface area contributed by atoms with Crippen LogP contribution in [0.15, 0.2) is 53.4 Å². The maximum Gasteiger partial charge on any atom is 0.341 e. The predicted octanol–water partition coefficient (Wildman–Crippen LogP) is 3.46. The highest BCUT2D eigenvalue weighted by Gasteiger charge is 2.33. The van der Waals surface area contributed by atoms with E-state index < -0.39 is 17.5 Å². The molecule has 2 aromatic carbocycles. The number of carbonyl (C=O) groups is 2. The molecule has 0 bridgehead atoms. The van der Waals surface area contributed by atoms with Crippen LogP contribution in [0.25, 0.3) is 6.08 Å². The van der Waals surface area contributed by atoms with Crippen molar-refractivity contribution in [2.24, 2.45) is 0 Å². The molecule has 0 aliphatic carbocycles. The summed E-state index contributed by atoms with van der Waals surface area (Å²) in [4.78, 5) is 35.7. The van der Waals surface area contributed by atoms with Gasteiger partial charge in [-0.1, -0.05) is 42.2 Å². The summed E-state index contributed by atoms with van der Waals surface area (Å²) in [6.07, 6.45) is 1.41. The molecule has 3 rings (SSSR count). The number of hydrogen-bond donors (Lipinski definition) is 1. The first-order valence-corrected chi connectivity index (χ1v) is 9.05. The van der Waals surface area contributed by atoms with Crippen LogP contribution in [-0.2, 0) is 9.59 Å². The van der Waals surface area contributed by atoms with Crippen molar-refractivity contribution in [3.8, 4) is 5.75 Å². The lowest BCUT2D eigenvalue weighted by atomic mass is 10.1. The molecule has 0 atom stereocenters. The number of para-hydroxylation sites is 1. The Labute approximate surface area is 168 Å². The average molecular weight is 416 g/mol. The zero-order chi connectivity index (χ0) is 20.3. The van der Waals surface area contributed by atoms with Gasteiger partial charge < -0.3 is 9.84 Å². The topological polar surface area (TPSA) is 110 Å². The SMILES string of the molecule is O=C(O)COc1ccc([N+](=O)[O-])cc1/C=C1\SC(=S)N(c2ccccc2)C1=O. The number of aliphatic carboxylic acids is 1. The first-order chi connectivity index (χ1) is 13.4. The van der Waals surface area contributed by atoms with Crippen molar-refractivity contribution in [1.29, 1.82) is 0 Å². The molecule has 10 heteroatoms. The molecule has 142 valence electrons. The number of non-ortho nitro benzene ring substituents is 1. The molecule has 0 radical (unpaired) electrons. The third-order valence-corrected chi connectivity index (χ3v) is 4.95. The van der Waals surface area contributed by atoms with Gasteiger partial charge in [0, 0.05) is 17.7 Å². The van der Waals surface area contributed by atoms with Crippen LogP contribution < -0.4 is 9.64 Å². The van der Waals surface area contributed by atoms with Gasteiger partial charge in [-0.3, -0.25) is 19.8 Å². The smallest absolute Gasteiger partial charge is 0.341 e. The number of carboxylic acid groups (broad SMARTS) is 1. The second kappa shape index (κ2) is 8.19. The van der Waals surface area contributed by atoms with Gasteiger partial charge >= 0.3 is 5.97 Å². The number of thiocarbonyl (C=S) groups is 1. The molecule has 1 heterocycles. The van der Waals surface area contributed by atoms with E-state index in [-0.39, 0.29) is 27.8 Å². The number of thioether (sulfide) groups is 1.